The summed E-state index contributed by atoms with van der Waals surface area (Å²) in [6.45, 7) is 3.20. The Balaban J connectivity index is 2.53. The second-order valence-electron chi connectivity index (χ2n) is 2.62. The fourth-order valence-corrected chi connectivity index (χ4v) is 2.52. The van der Waals surface area contributed by atoms with Crippen LogP contribution in [0.4, 0.5) is 0 Å². The van der Waals surface area contributed by atoms with Gasteiger partial charge in [0.1, 0.15) is 0 Å². The molecule has 1 heterocycles. The predicted octanol–water partition coefficient (Wildman–Crippen LogP) is 2.76. The predicted molar refractivity (Wildman–Crippen MR) is 59.1 cm³/mol. The molecule has 0 spiro atoms. The largest absolute Gasteiger partial charge is 0.309 e. The van der Waals surface area contributed by atoms with Crippen molar-refractivity contribution in [2.75, 3.05) is 18.6 Å². The molecule has 0 radical (unpaired) electrons. The van der Waals surface area contributed by atoms with E-state index in [4.69, 9.17) is 0 Å². The molecule has 0 aliphatic rings. The van der Waals surface area contributed by atoms with Crippen molar-refractivity contribution in [3.63, 3.8) is 0 Å². The summed E-state index contributed by atoms with van der Waals surface area (Å²) in [5.74, 6) is 1.16. The molecule has 1 unspecified atom stereocenters. The number of hydrogen-bond acceptors (Lipinski definition) is 3. The molecule has 0 bridgehead atoms. The summed E-state index contributed by atoms with van der Waals surface area (Å²) in [6.07, 6.45) is 2.15. The second-order valence-corrected chi connectivity index (χ2v) is 4.31. The van der Waals surface area contributed by atoms with Crippen LogP contribution < -0.4 is 5.32 Å². The van der Waals surface area contributed by atoms with Gasteiger partial charge in [0.05, 0.1) is 0 Å². The maximum Gasteiger partial charge on any atom is 0.0419 e. The molecular formula is C9H15NS2. The number of rotatable bonds is 5. The van der Waals surface area contributed by atoms with E-state index in [2.05, 4.69) is 35.3 Å². The maximum absolute atomic E-state index is 3.47. The highest BCUT2D eigenvalue weighted by Gasteiger charge is 2.08. The van der Waals surface area contributed by atoms with E-state index in [-0.39, 0.29) is 0 Å². The van der Waals surface area contributed by atoms with Crippen LogP contribution in [0.25, 0.3) is 0 Å². The minimum absolute atomic E-state index is 0.538. The highest BCUT2D eigenvalue weighted by molar-refractivity contribution is 7.98. The van der Waals surface area contributed by atoms with Crippen LogP contribution in [0.1, 0.15) is 18.5 Å². The molecule has 0 aliphatic carbocycles. The average molecular weight is 201 g/mol. The molecule has 0 saturated carbocycles. The number of hydrogen-bond donors (Lipinski definition) is 1. The van der Waals surface area contributed by atoms with Gasteiger partial charge in [-0.3, -0.25) is 0 Å². The second kappa shape index (κ2) is 5.62. The lowest BCUT2D eigenvalue weighted by molar-refractivity contribution is 0.608. The molecule has 0 fully saturated rings. The summed E-state index contributed by atoms with van der Waals surface area (Å²) >= 11 is 3.66. The van der Waals surface area contributed by atoms with E-state index in [0.717, 1.165) is 12.3 Å². The van der Waals surface area contributed by atoms with E-state index in [0.29, 0.717) is 6.04 Å². The third kappa shape index (κ3) is 2.81. The molecule has 1 atom stereocenters. The smallest absolute Gasteiger partial charge is 0.0419 e. The Morgan fingerprint density at radius 3 is 3.00 bits per heavy atom. The van der Waals surface area contributed by atoms with Crippen molar-refractivity contribution >= 4 is 23.1 Å². The van der Waals surface area contributed by atoms with Gasteiger partial charge in [-0.05, 0) is 35.2 Å². The Kier molecular flexibility index (Phi) is 4.73. The third-order valence-corrected chi connectivity index (χ3v) is 3.10. The van der Waals surface area contributed by atoms with Gasteiger partial charge in [0.2, 0.25) is 0 Å². The molecule has 1 aromatic rings. The van der Waals surface area contributed by atoms with Crippen LogP contribution in [0.3, 0.4) is 0 Å². The Labute approximate surface area is 82.6 Å². The van der Waals surface area contributed by atoms with Crippen molar-refractivity contribution in [1.29, 1.82) is 0 Å². The molecule has 0 aliphatic heterocycles. The number of thioether (sulfide) groups is 1. The molecule has 0 saturated heterocycles. The molecular weight excluding hydrogens is 186 g/mol. The molecule has 3 heteroatoms. The zero-order valence-corrected chi connectivity index (χ0v) is 9.17. The van der Waals surface area contributed by atoms with Crippen LogP contribution in [-0.4, -0.2) is 18.6 Å². The van der Waals surface area contributed by atoms with Crippen molar-refractivity contribution in [1.82, 2.24) is 5.32 Å². The van der Waals surface area contributed by atoms with E-state index in [9.17, 15) is 0 Å². The molecule has 1 rings (SSSR count). The van der Waals surface area contributed by atoms with Crippen LogP contribution in [0.15, 0.2) is 16.8 Å². The molecule has 68 valence electrons. The highest BCUT2D eigenvalue weighted by atomic mass is 32.2. The lowest BCUT2D eigenvalue weighted by atomic mass is 10.2. The van der Waals surface area contributed by atoms with E-state index < -0.39 is 0 Å². The first-order valence-electron chi connectivity index (χ1n) is 4.13. The van der Waals surface area contributed by atoms with Crippen molar-refractivity contribution in [2.24, 2.45) is 0 Å². The summed E-state index contributed by atoms with van der Waals surface area (Å²) in [7, 11) is 0. The van der Waals surface area contributed by atoms with Crippen LogP contribution in [-0.2, 0) is 0 Å². The quantitative estimate of drug-likeness (QED) is 0.786. The van der Waals surface area contributed by atoms with Crippen LogP contribution >= 0.6 is 23.1 Å². The Morgan fingerprint density at radius 1 is 1.67 bits per heavy atom. The van der Waals surface area contributed by atoms with E-state index >= 15 is 0 Å². The first-order chi connectivity index (χ1) is 5.88. The monoisotopic (exact) mass is 201 g/mol. The minimum atomic E-state index is 0.538. The summed E-state index contributed by atoms with van der Waals surface area (Å²) < 4.78 is 0. The van der Waals surface area contributed by atoms with Crippen molar-refractivity contribution in [3.8, 4) is 0 Å². The lowest BCUT2D eigenvalue weighted by Gasteiger charge is -2.14. The Bertz CT molecular complexity index is 190. The first-order valence-corrected chi connectivity index (χ1v) is 6.46. The van der Waals surface area contributed by atoms with Crippen molar-refractivity contribution in [2.45, 2.75) is 13.0 Å². The lowest BCUT2D eigenvalue weighted by Crippen LogP contribution is -2.22. The molecule has 0 aromatic carbocycles. The van der Waals surface area contributed by atoms with Crippen LogP contribution in [0.5, 0.6) is 0 Å². The topological polar surface area (TPSA) is 12.0 Å². The molecule has 1 N–H and O–H groups in total. The van der Waals surface area contributed by atoms with Gasteiger partial charge in [0.25, 0.3) is 0 Å². The van der Waals surface area contributed by atoms with Crippen molar-refractivity contribution in [3.05, 3.63) is 22.4 Å². The van der Waals surface area contributed by atoms with Gasteiger partial charge in [-0.1, -0.05) is 6.92 Å². The Morgan fingerprint density at radius 2 is 2.50 bits per heavy atom. The fourth-order valence-electron chi connectivity index (χ4n) is 1.16. The first kappa shape index (κ1) is 10.1. The molecule has 1 nitrogen and oxygen atoms in total. The highest BCUT2D eigenvalue weighted by Crippen LogP contribution is 2.19. The SMILES string of the molecule is CCNC(CSC)c1ccsc1. The van der Waals surface area contributed by atoms with Gasteiger partial charge < -0.3 is 5.32 Å². The summed E-state index contributed by atoms with van der Waals surface area (Å²) in [5.41, 5.74) is 1.43. The summed E-state index contributed by atoms with van der Waals surface area (Å²) in [6, 6.07) is 2.74. The third-order valence-electron chi connectivity index (χ3n) is 1.73. The van der Waals surface area contributed by atoms with Crippen LogP contribution in [0, 0.1) is 0 Å². The van der Waals surface area contributed by atoms with E-state index in [1.807, 2.05) is 11.8 Å². The van der Waals surface area contributed by atoms with Crippen molar-refractivity contribution < 1.29 is 0 Å². The molecule has 0 amide bonds. The zero-order chi connectivity index (χ0) is 8.81. The number of nitrogens with one attached hydrogen (secondary N) is 1. The fraction of sp³-hybridized carbons (Fsp3) is 0.556. The van der Waals surface area contributed by atoms with E-state index in [1.165, 1.54) is 5.56 Å². The normalized spacial score (nSPS) is 13.2. The van der Waals surface area contributed by atoms with Gasteiger partial charge in [0.15, 0.2) is 0 Å². The minimum Gasteiger partial charge on any atom is -0.309 e. The summed E-state index contributed by atoms with van der Waals surface area (Å²) in [4.78, 5) is 0. The molecule has 12 heavy (non-hydrogen) atoms. The van der Waals surface area contributed by atoms with Gasteiger partial charge in [-0.15, -0.1) is 0 Å². The molecule has 1 aromatic heterocycles. The van der Waals surface area contributed by atoms with E-state index in [1.54, 1.807) is 11.3 Å². The van der Waals surface area contributed by atoms with Gasteiger partial charge >= 0.3 is 0 Å². The van der Waals surface area contributed by atoms with Gasteiger partial charge in [-0.25, -0.2) is 0 Å². The Hall–Kier alpha value is 0.01000. The van der Waals surface area contributed by atoms with Gasteiger partial charge in [-0.2, -0.15) is 23.1 Å². The average Bonchev–Trinajstić information content (AvgIpc) is 2.56. The van der Waals surface area contributed by atoms with Gasteiger partial charge in [0, 0.05) is 11.8 Å². The summed E-state index contributed by atoms with van der Waals surface area (Å²) in [5, 5.41) is 7.84. The number of thiophene rings is 1. The zero-order valence-electron chi connectivity index (χ0n) is 7.54. The standard InChI is InChI=1S/C9H15NS2/c1-3-10-9(7-11-2)8-4-5-12-6-8/h4-6,9-10H,3,7H2,1-2H3. The maximum atomic E-state index is 3.47. The van der Waals surface area contributed by atoms with Crippen LogP contribution in [0.2, 0.25) is 0 Å².